The normalized spacial score (nSPS) is 11.5. The quantitative estimate of drug-likeness (QED) is 0.148. The van der Waals surface area contributed by atoms with Gasteiger partial charge in [0, 0.05) is 0 Å². The van der Waals surface area contributed by atoms with Gasteiger partial charge < -0.3 is 53.6 Å². The Kier molecular flexibility index (Phi) is 31.9. The van der Waals surface area contributed by atoms with Crippen LogP contribution in [0.2, 0.25) is 0 Å². The van der Waals surface area contributed by atoms with Gasteiger partial charge in [-0.2, -0.15) is 11.8 Å². The molecule has 29 heavy (non-hydrogen) atoms. The second-order valence-electron chi connectivity index (χ2n) is 5.22. The second-order valence-corrected chi connectivity index (χ2v) is 6.20. The molecule has 0 aliphatic rings. The van der Waals surface area contributed by atoms with Gasteiger partial charge in [-0.15, -0.1) is 0 Å². The number of carboxylic acid groups (broad SMARTS) is 3. The zero-order chi connectivity index (χ0) is 23.8. The third-order valence-corrected chi connectivity index (χ3v) is 3.23. The zero-order valence-corrected chi connectivity index (χ0v) is 17.3. The minimum Gasteiger partial charge on any atom is -0.480 e. The Morgan fingerprint density at radius 2 is 1.28 bits per heavy atom. The van der Waals surface area contributed by atoms with Gasteiger partial charge in [-0.1, -0.05) is 0 Å². The number of hydrogen-bond acceptors (Lipinski definition) is 11. The van der Waals surface area contributed by atoms with Crippen LogP contribution in [0, 0.1) is 0 Å². The van der Waals surface area contributed by atoms with Crippen molar-refractivity contribution in [1.82, 2.24) is 0 Å². The predicted molar refractivity (Wildman–Crippen MR) is 109 cm³/mol. The van der Waals surface area contributed by atoms with Gasteiger partial charge in [-0.05, 0) is 37.8 Å². The lowest BCUT2D eigenvalue weighted by Crippen LogP contribution is -2.30. The highest BCUT2D eigenvalue weighted by Crippen LogP contribution is 1.97. The Hall–Kier alpha value is -1.52. The SMILES string of the molecule is CSCC[C@H](N)C(=O)O.NCC(=O)O.NCCC[C@H](N)C(=O)O.OCC(O)CO. The maximum Gasteiger partial charge on any atom is 0.320 e. The van der Waals surface area contributed by atoms with Crippen LogP contribution in [-0.2, 0) is 14.4 Å². The lowest BCUT2D eigenvalue weighted by Gasteiger charge is -2.02. The van der Waals surface area contributed by atoms with Gasteiger partial charge in [0.25, 0.3) is 0 Å². The Labute approximate surface area is 174 Å². The summed E-state index contributed by atoms with van der Waals surface area (Å²) in [6.45, 7) is -0.506. The first-order chi connectivity index (χ1) is 13.4. The molecule has 2 atom stereocenters. The van der Waals surface area contributed by atoms with E-state index in [4.69, 9.17) is 47.8 Å². The molecule has 0 bridgehead atoms. The van der Waals surface area contributed by atoms with Crippen LogP contribution in [0.15, 0.2) is 0 Å². The van der Waals surface area contributed by atoms with Crippen molar-refractivity contribution in [3.63, 3.8) is 0 Å². The van der Waals surface area contributed by atoms with E-state index in [0.717, 1.165) is 5.75 Å². The fourth-order valence-corrected chi connectivity index (χ4v) is 1.38. The van der Waals surface area contributed by atoms with Crippen molar-refractivity contribution in [2.24, 2.45) is 22.9 Å². The van der Waals surface area contributed by atoms with E-state index in [9.17, 15) is 14.4 Å². The Morgan fingerprint density at radius 1 is 0.897 bits per heavy atom. The van der Waals surface area contributed by atoms with Crippen LogP contribution in [0.25, 0.3) is 0 Å². The molecule has 13 nitrogen and oxygen atoms in total. The molecule has 0 fully saturated rings. The fourth-order valence-electron chi connectivity index (χ4n) is 0.887. The highest BCUT2D eigenvalue weighted by atomic mass is 32.2. The summed E-state index contributed by atoms with van der Waals surface area (Å²) in [6.07, 6.45) is 2.66. The molecule has 14 heteroatoms. The number of aliphatic hydroxyl groups is 3. The molecule has 0 aromatic carbocycles. The lowest BCUT2D eigenvalue weighted by molar-refractivity contribution is -0.139. The number of carbonyl (C=O) groups is 3. The summed E-state index contributed by atoms with van der Waals surface area (Å²) < 4.78 is 0. The molecule has 0 aromatic rings. The van der Waals surface area contributed by atoms with Crippen molar-refractivity contribution in [3.8, 4) is 0 Å². The summed E-state index contributed by atoms with van der Waals surface area (Å²) in [5.41, 5.74) is 20.0. The topological polar surface area (TPSA) is 277 Å². The number of aliphatic hydroxyl groups excluding tert-OH is 3. The van der Waals surface area contributed by atoms with Crippen molar-refractivity contribution in [3.05, 3.63) is 0 Å². The second kappa shape index (κ2) is 26.5. The van der Waals surface area contributed by atoms with Crippen LogP contribution in [0.5, 0.6) is 0 Å². The predicted octanol–water partition coefficient (Wildman–Crippen LogP) is -3.35. The first kappa shape index (κ1) is 35.0. The molecule has 0 heterocycles. The molecule has 0 radical (unpaired) electrons. The van der Waals surface area contributed by atoms with Crippen molar-refractivity contribution >= 4 is 29.7 Å². The van der Waals surface area contributed by atoms with Crippen LogP contribution in [0.3, 0.4) is 0 Å². The monoisotopic (exact) mass is 448 g/mol. The molecule has 0 saturated carbocycles. The highest BCUT2D eigenvalue weighted by Gasteiger charge is 2.09. The van der Waals surface area contributed by atoms with Crippen molar-refractivity contribution in [1.29, 1.82) is 0 Å². The van der Waals surface area contributed by atoms with E-state index in [0.29, 0.717) is 25.8 Å². The van der Waals surface area contributed by atoms with Gasteiger partial charge in [0.15, 0.2) is 0 Å². The third kappa shape index (κ3) is 37.8. The van der Waals surface area contributed by atoms with E-state index in [1.54, 1.807) is 11.8 Å². The minimum absolute atomic E-state index is 0.278. The van der Waals surface area contributed by atoms with Crippen molar-refractivity contribution in [2.45, 2.75) is 37.5 Å². The first-order valence-corrected chi connectivity index (χ1v) is 9.81. The Bertz CT molecular complexity index is 378. The summed E-state index contributed by atoms with van der Waals surface area (Å²) in [6, 6.07) is -1.43. The molecule has 0 saturated heterocycles. The van der Waals surface area contributed by atoms with Gasteiger partial charge in [0.1, 0.15) is 18.2 Å². The number of rotatable bonds is 11. The number of thioether (sulfide) groups is 1. The molecule has 0 aliphatic carbocycles. The molecule has 14 N–H and O–H groups in total. The Balaban J connectivity index is -0.000000148. The summed E-state index contributed by atoms with van der Waals surface area (Å²) in [5, 5.41) is 48.1. The van der Waals surface area contributed by atoms with E-state index in [2.05, 4.69) is 5.73 Å². The van der Waals surface area contributed by atoms with Crippen LogP contribution >= 0.6 is 11.8 Å². The van der Waals surface area contributed by atoms with E-state index >= 15 is 0 Å². The van der Waals surface area contributed by atoms with Gasteiger partial charge in [0.05, 0.1) is 19.8 Å². The van der Waals surface area contributed by atoms with E-state index in [-0.39, 0.29) is 19.8 Å². The molecule has 0 amide bonds. The van der Waals surface area contributed by atoms with E-state index in [1.165, 1.54) is 0 Å². The summed E-state index contributed by atoms with van der Waals surface area (Å²) in [5.74, 6) is -2.02. The minimum atomic E-state index is -0.968. The van der Waals surface area contributed by atoms with Gasteiger partial charge in [-0.25, -0.2) is 0 Å². The largest absolute Gasteiger partial charge is 0.480 e. The Morgan fingerprint density at radius 3 is 1.48 bits per heavy atom. The van der Waals surface area contributed by atoms with Gasteiger partial charge >= 0.3 is 17.9 Å². The first-order valence-electron chi connectivity index (χ1n) is 8.42. The number of hydrogen-bond donors (Lipinski definition) is 10. The van der Waals surface area contributed by atoms with E-state index in [1.807, 2.05) is 6.26 Å². The molecule has 176 valence electrons. The van der Waals surface area contributed by atoms with Crippen molar-refractivity contribution < 1.29 is 45.0 Å². The van der Waals surface area contributed by atoms with Crippen LogP contribution in [0.1, 0.15) is 19.3 Å². The van der Waals surface area contributed by atoms with Crippen LogP contribution < -0.4 is 22.9 Å². The fraction of sp³-hybridized carbons (Fsp3) is 0.800. The van der Waals surface area contributed by atoms with Gasteiger partial charge in [-0.3, -0.25) is 14.4 Å². The molecule has 0 aromatic heterocycles. The summed E-state index contributed by atoms with van der Waals surface area (Å²) in [7, 11) is 0. The number of aliphatic carboxylic acids is 3. The smallest absolute Gasteiger partial charge is 0.320 e. The molecule has 0 rings (SSSR count). The standard InChI is InChI=1S/C5H12N2O2.C5H11NO2S.C3H8O3.C2H5NO2/c6-3-1-2-4(7)5(8)9;1-9-3-2-4(6)5(7)8;4-1-3(6)2-5;3-1-2(4)5/h4H,1-3,6-7H2,(H,8,9);4H,2-3,6H2,1H3,(H,7,8);3-6H,1-2H2;1,3H2,(H,4,5)/t2*4-;;/m00../s1. The number of nitrogens with two attached hydrogens (primary N) is 4. The van der Waals surface area contributed by atoms with Crippen LogP contribution in [-0.4, -0.2) is 105 Å². The average Bonchev–Trinajstić information content (AvgIpc) is 2.70. The lowest BCUT2D eigenvalue weighted by atomic mass is 10.2. The molecule has 0 aliphatic heterocycles. The van der Waals surface area contributed by atoms with Gasteiger partial charge in [0.2, 0.25) is 0 Å². The third-order valence-electron chi connectivity index (χ3n) is 2.58. The molecular formula is C15H36N4O9S. The maximum absolute atomic E-state index is 10.1. The average molecular weight is 449 g/mol. The highest BCUT2D eigenvalue weighted by molar-refractivity contribution is 7.98. The maximum atomic E-state index is 10.1. The van der Waals surface area contributed by atoms with Crippen molar-refractivity contribution in [2.75, 3.05) is 38.3 Å². The van der Waals surface area contributed by atoms with E-state index < -0.39 is 36.1 Å². The summed E-state index contributed by atoms with van der Waals surface area (Å²) in [4.78, 5) is 29.4. The zero-order valence-electron chi connectivity index (χ0n) is 16.5. The summed E-state index contributed by atoms with van der Waals surface area (Å²) >= 11 is 1.60. The molecule has 0 unspecified atom stereocenters. The number of carboxylic acids is 3. The molecular weight excluding hydrogens is 412 g/mol. The van der Waals surface area contributed by atoms with Crippen LogP contribution in [0.4, 0.5) is 0 Å². The molecule has 0 spiro atoms.